The first-order valence-electron chi connectivity index (χ1n) is 6.89. The minimum absolute atomic E-state index is 0. The van der Waals surface area contributed by atoms with E-state index in [2.05, 4.69) is 60.8 Å². The van der Waals surface area contributed by atoms with E-state index in [0.29, 0.717) is 0 Å². The van der Waals surface area contributed by atoms with E-state index in [1.54, 1.807) is 0 Å². The molecule has 0 radical (unpaired) electrons. The van der Waals surface area contributed by atoms with Crippen LogP contribution in [0.4, 0.5) is 0 Å². The van der Waals surface area contributed by atoms with Gasteiger partial charge in [-0.1, -0.05) is 30.3 Å². The number of nitrogens with zero attached hydrogens (tertiary/aromatic N) is 1. The van der Waals surface area contributed by atoms with E-state index in [9.17, 15) is 0 Å². The van der Waals surface area contributed by atoms with Gasteiger partial charge in [-0.15, -0.1) is 35.5 Å². The van der Waals surface area contributed by atoms with E-state index in [0.717, 1.165) is 18.7 Å². The molecule has 0 unspecified atom stereocenters. The second-order valence-electron chi connectivity index (χ2n) is 5.27. The van der Waals surface area contributed by atoms with Crippen LogP contribution in [0, 0.1) is 0 Å². The average molecular weight is 338 g/mol. The van der Waals surface area contributed by atoms with Crippen molar-refractivity contribution in [1.29, 1.82) is 0 Å². The Bertz CT molecular complexity index is 631. The van der Waals surface area contributed by atoms with Gasteiger partial charge in [-0.2, -0.15) is 0 Å². The Balaban J connectivity index is 0.00000161. The maximum Gasteiger partial charge on any atom is 0.0481 e. The standard InChI is InChI=1S/C17H19NS2.ClH/c1-18(2)10-5-8-15-14-7-4-3-6-13(14)12-20-16-9-11-19-17(15)16;/h3-4,6-9,11H,5,10,12H2,1-2H3;1H/b15-8-;. The molecule has 0 spiro atoms. The molecule has 0 aliphatic carbocycles. The van der Waals surface area contributed by atoms with Crippen LogP contribution < -0.4 is 0 Å². The van der Waals surface area contributed by atoms with E-state index >= 15 is 0 Å². The summed E-state index contributed by atoms with van der Waals surface area (Å²) in [7, 11) is 4.26. The first kappa shape index (κ1) is 16.6. The number of thioether (sulfide) groups is 1. The largest absolute Gasteiger partial charge is 0.309 e. The van der Waals surface area contributed by atoms with Crippen molar-refractivity contribution in [3.8, 4) is 0 Å². The molecule has 0 fully saturated rings. The maximum absolute atomic E-state index is 2.42. The summed E-state index contributed by atoms with van der Waals surface area (Å²) in [5.41, 5.74) is 4.30. The first-order chi connectivity index (χ1) is 9.75. The summed E-state index contributed by atoms with van der Waals surface area (Å²) in [6.07, 6.45) is 3.51. The lowest BCUT2D eigenvalue weighted by Gasteiger charge is -2.11. The van der Waals surface area contributed by atoms with E-state index in [-0.39, 0.29) is 12.4 Å². The SMILES string of the molecule is CN(C)CC/C=C1/c2ccccc2CSc2ccsc21.Cl. The Hall–Kier alpha value is -0.740. The lowest BCUT2D eigenvalue weighted by Crippen LogP contribution is -2.12. The van der Waals surface area contributed by atoms with Gasteiger partial charge >= 0.3 is 0 Å². The Labute approximate surface area is 141 Å². The van der Waals surface area contributed by atoms with Gasteiger partial charge in [0.2, 0.25) is 0 Å². The topological polar surface area (TPSA) is 3.24 Å². The van der Waals surface area contributed by atoms with Crippen LogP contribution in [0.15, 0.2) is 46.7 Å². The maximum atomic E-state index is 2.42. The van der Waals surface area contributed by atoms with Crippen molar-refractivity contribution in [2.45, 2.75) is 17.1 Å². The molecule has 2 aromatic rings. The molecule has 112 valence electrons. The normalized spacial score (nSPS) is 15.3. The predicted molar refractivity (Wildman–Crippen MR) is 97.8 cm³/mol. The molecule has 0 atom stereocenters. The number of thiophene rings is 1. The van der Waals surface area contributed by atoms with Crippen molar-refractivity contribution in [3.63, 3.8) is 0 Å². The van der Waals surface area contributed by atoms with Crippen molar-refractivity contribution < 1.29 is 0 Å². The molecule has 1 aliphatic rings. The molecule has 21 heavy (non-hydrogen) atoms. The van der Waals surface area contributed by atoms with E-state index in [4.69, 9.17) is 0 Å². The molecule has 0 bridgehead atoms. The van der Waals surface area contributed by atoms with Gasteiger partial charge < -0.3 is 4.90 Å². The number of halogens is 1. The zero-order chi connectivity index (χ0) is 13.9. The van der Waals surface area contributed by atoms with E-state index < -0.39 is 0 Å². The van der Waals surface area contributed by atoms with Crippen molar-refractivity contribution in [1.82, 2.24) is 4.90 Å². The van der Waals surface area contributed by atoms with Gasteiger partial charge in [-0.3, -0.25) is 0 Å². The molecule has 1 aromatic carbocycles. The number of benzene rings is 1. The highest BCUT2D eigenvalue weighted by molar-refractivity contribution is 7.98. The van der Waals surface area contributed by atoms with Crippen molar-refractivity contribution in [3.05, 3.63) is 57.8 Å². The van der Waals surface area contributed by atoms with Crippen molar-refractivity contribution in [2.24, 2.45) is 0 Å². The fourth-order valence-corrected chi connectivity index (χ4v) is 4.68. The third kappa shape index (κ3) is 3.72. The molecule has 0 saturated heterocycles. The molecule has 4 heteroatoms. The summed E-state index contributed by atoms with van der Waals surface area (Å²) in [5.74, 6) is 1.07. The fraction of sp³-hybridized carbons (Fsp3) is 0.294. The average Bonchev–Trinajstić information content (AvgIpc) is 2.84. The number of fused-ring (bicyclic) bond motifs is 2. The van der Waals surface area contributed by atoms with Crippen LogP contribution in [-0.4, -0.2) is 25.5 Å². The van der Waals surface area contributed by atoms with Gasteiger partial charge in [0.15, 0.2) is 0 Å². The number of hydrogen-bond donors (Lipinski definition) is 0. The summed E-state index contributed by atoms with van der Waals surface area (Å²) >= 11 is 3.83. The van der Waals surface area contributed by atoms with Crippen LogP contribution in [0.2, 0.25) is 0 Å². The van der Waals surface area contributed by atoms with Gasteiger partial charge in [0.1, 0.15) is 0 Å². The fourth-order valence-electron chi connectivity index (χ4n) is 2.46. The second kappa shape index (κ2) is 7.50. The summed E-state index contributed by atoms with van der Waals surface area (Å²) in [5, 5.41) is 2.21. The second-order valence-corrected chi connectivity index (χ2v) is 7.20. The highest BCUT2D eigenvalue weighted by Gasteiger charge is 2.18. The highest BCUT2D eigenvalue weighted by atomic mass is 35.5. The van der Waals surface area contributed by atoms with Crippen LogP contribution in [0.25, 0.3) is 5.57 Å². The minimum atomic E-state index is 0. The minimum Gasteiger partial charge on any atom is -0.309 e. The summed E-state index contributed by atoms with van der Waals surface area (Å²) in [6.45, 7) is 1.10. The van der Waals surface area contributed by atoms with E-state index in [1.807, 2.05) is 23.1 Å². The van der Waals surface area contributed by atoms with E-state index in [1.165, 1.54) is 26.5 Å². The molecule has 2 heterocycles. The Morgan fingerprint density at radius 3 is 2.81 bits per heavy atom. The number of hydrogen-bond acceptors (Lipinski definition) is 3. The summed E-state index contributed by atoms with van der Waals surface area (Å²) < 4.78 is 0. The van der Waals surface area contributed by atoms with Crippen LogP contribution in [-0.2, 0) is 5.75 Å². The molecule has 0 amide bonds. The monoisotopic (exact) mass is 337 g/mol. The van der Waals surface area contributed by atoms with Crippen LogP contribution in [0.3, 0.4) is 0 Å². The van der Waals surface area contributed by atoms with Crippen LogP contribution >= 0.6 is 35.5 Å². The Morgan fingerprint density at radius 1 is 1.19 bits per heavy atom. The van der Waals surface area contributed by atoms with Crippen molar-refractivity contribution >= 4 is 41.1 Å². The summed E-state index contributed by atoms with van der Waals surface area (Å²) in [6, 6.07) is 11.1. The highest BCUT2D eigenvalue weighted by Crippen LogP contribution is 2.42. The zero-order valence-corrected chi connectivity index (χ0v) is 14.8. The smallest absolute Gasteiger partial charge is 0.0481 e. The lowest BCUT2D eigenvalue weighted by molar-refractivity contribution is 0.417. The van der Waals surface area contributed by atoms with Gasteiger partial charge in [-0.05, 0) is 48.7 Å². The quantitative estimate of drug-likeness (QED) is 0.761. The molecule has 1 nitrogen and oxygen atoms in total. The molecule has 0 N–H and O–H groups in total. The Kier molecular flexibility index (Phi) is 5.94. The molecule has 3 rings (SSSR count). The number of rotatable bonds is 3. The van der Waals surface area contributed by atoms with Crippen LogP contribution in [0.1, 0.15) is 22.4 Å². The predicted octanol–water partition coefficient (Wildman–Crippen LogP) is 5.16. The van der Waals surface area contributed by atoms with Gasteiger partial charge in [-0.25, -0.2) is 0 Å². The molecular formula is C17H20ClNS2. The van der Waals surface area contributed by atoms with Gasteiger partial charge in [0, 0.05) is 22.1 Å². The lowest BCUT2D eigenvalue weighted by atomic mass is 9.98. The Morgan fingerprint density at radius 2 is 2.00 bits per heavy atom. The molecule has 1 aliphatic heterocycles. The zero-order valence-electron chi connectivity index (χ0n) is 12.3. The van der Waals surface area contributed by atoms with Gasteiger partial charge in [0.05, 0.1) is 0 Å². The molecular weight excluding hydrogens is 318 g/mol. The van der Waals surface area contributed by atoms with Gasteiger partial charge in [0.25, 0.3) is 0 Å². The molecule has 0 saturated carbocycles. The first-order valence-corrected chi connectivity index (χ1v) is 8.76. The van der Waals surface area contributed by atoms with Crippen LogP contribution in [0.5, 0.6) is 0 Å². The molecule has 1 aromatic heterocycles. The third-order valence-corrected chi connectivity index (χ3v) is 5.67. The third-order valence-electron chi connectivity index (χ3n) is 3.49. The summed E-state index contributed by atoms with van der Waals surface area (Å²) in [4.78, 5) is 5.12. The van der Waals surface area contributed by atoms with Crippen molar-refractivity contribution in [2.75, 3.05) is 20.6 Å².